The smallest absolute Gasteiger partial charge is 0.229 e. The molecule has 1 aliphatic rings. The lowest BCUT2D eigenvalue weighted by molar-refractivity contribution is -0.131. The van der Waals surface area contributed by atoms with Crippen LogP contribution < -0.4 is 5.73 Å². The average Bonchev–Trinajstić information content (AvgIpc) is 2.80. The van der Waals surface area contributed by atoms with Crippen LogP contribution in [0.2, 0.25) is 0 Å². The lowest BCUT2D eigenvalue weighted by Crippen LogP contribution is -2.36. The molecule has 2 unspecified atom stereocenters. The molecule has 112 valence electrons. The second-order valence-corrected chi connectivity index (χ2v) is 6.16. The fraction of sp³-hybridized carbons (Fsp3) is 0.562. The SMILES string of the molecule is Cc1cccc(C(C)C(=O)N2CCC(C)(CN)C2)c1.Cl. The van der Waals surface area contributed by atoms with E-state index in [1.807, 2.05) is 24.0 Å². The number of benzene rings is 1. The molecule has 0 spiro atoms. The molecule has 1 aliphatic heterocycles. The molecule has 2 atom stereocenters. The van der Waals surface area contributed by atoms with Crippen LogP contribution in [-0.2, 0) is 4.79 Å². The summed E-state index contributed by atoms with van der Waals surface area (Å²) in [5, 5.41) is 0. The highest BCUT2D eigenvalue weighted by Crippen LogP contribution is 2.31. The predicted molar refractivity (Wildman–Crippen MR) is 85.2 cm³/mol. The minimum atomic E-state index is -0.0694. The standard InChI is InChI=1S/C16H24N2O.ClH/c1-12-5-4-6-14(9-12)13(2)15(19)18-8-7-16(3,10-17)11-18;/h4-6,9,13H,7-8,10-11,17H2,1-3H3;1H. The van der Waals surface area contributed by atoms with Crippen LogP contribution >= 0.6 is 12.4 Å². The summed E-state index contributed by atoms with van der Waals surface area (Å²) in [4.78, 5) is 14.5. The fourth-order valence-electron chi connectivity index (χ4n) is 2.73. The zero-order valence-electron chi connectivity index (χ0n) is 12.6. The maximum absolute atomic E-state index is 12.5. The van der Waals surface area contributed by atoms with Gasteiger partial charge in [-0.15, -0.1) is 12.4 Å². The van der Waals surface area contributed by atoms with Gasteiger partial charge in [0, 0.05) is 13.1 Å². The van der Waals surface area contributed by atoms with Crippen molar-refractivity contribution in [2.45, 2.75) is 33.1 Å². The largest absolute Gasteiger partial charge is 0.342 e. The van der Waals surface area contributed by atoms with Gasteiger partial charge in [0.25, 0.3) is 0 Å². The van der Waals surface area contributed by atoms with Crippen LogP contribution in [0, 0.1) is 12.3 Å². The number of rotatable bonds is 3. The molecule has 1 heterocycles. The Hall–Kier alpha value is -1.06. The molecule has 0 aromatic heterocycles. The summed E-state index contributed by atoms with van der Waals surface area (Å²) in [6.07, 6.45) is 1.01. The minimum Gasteiger partial charge on any atom is -0.342 e. The molecule has 0 bridgehead atoms. The van der Waals surface area contributed by atoms with E-state index in [1.54, 1.807) is 0 Å². The van der Waals surface area contributed by atoms with Crippen LogP contribution in [0.25, 0.3) is 0 Å². The number of hydrogen-bond acceptors (Lipinski definition) is 2. The summed E-state index contributed by atoms with van der Waals surface area (Å²) in [5.74, 6) is 0.155. The maximum Gasteiger partial charge on any atom is 0.229 e. The number of nitrogens with zero attached hydrogens (tertiary/aromatic N) is 1. The Morgan fingerprint density at radius 1 is 1.50 bits per heavy atom. The fourth-order valence-corrected chi connectivity index (χ4v) is 2.73. The van der Waals surface area contributed by atoms with E-state index in [1.165, 1.54) is 5.56 Å². The van der Waals surface area contributed by atoms with Crippen molar-refractivity contribution >= 4 is 18.3 Å². The van der Waals surface area contributed by atoms with E-state index in [0.717, 1.165) is 25.1 Å². The normalized spacial score (nSPS) is 23.3. The summed E-state index contributed by atoms with van der Waals surface area (Å²) >= 11 is 0. The molecular weight excluding hydrogens is 272 g/mol. The third-order valence-electron chi connectivity index (χ3n) is 4.27. The van der Waals surface area contributed by atoms with Crippen LogP contribution in [0.15, 0.2) is 24.3 Å². The number of carbonyl (C=O) groups is 1. The highest BCUT2D eigenvalue weighted by Gasteiger charge is 2.36. The molecule has 20 heavy (non-hydrogen) atoms. The molecule has 1 aromatic carbocycles. The van der Waals surface area contributed by atoms with Gasteiger partial charge in [0.2, 0.25) is 5.91 Å². The quantitative estimate of drug-likeness (QED) is 0.932. The van der Waals surface area contributed by atoms with Crippen molar-refractivity contribution in [2.75, 3.05) is 19.6 Å². The van der Waals surface area contributed by atoms with Gasteiger partial charge in [-0.05, 0) is 37.8 Å². The topological polar surface area (TPSA) is 46.3 Å². The Morgan fingerprint density at radius 3 is 2.75 bits per heavy atom. The van der Waals surface area contributed by atoms with Gasteiger partial charge in [-0.3, -0.25) is 4.79 Å². The highest BCUT2D eigenvalue weighted by molar-refractivity contribution is 5.85. The zero-order chi connectivity index (χ0) is 14.0. The first-order valence-electron chi connectivity index (χ1n) is 7.01. The molecule has 0 radical (unpaired) electrons. The second-order valence-electron chi connectivity index (χ2n) is 6.16. The van der Waals surface area contributed by atoms with Gasteiger partial charge in [-0.2, -0.15) is 0 Å². The second kappa shape index (κ2) is 6.59. The van der Waals surface area contributed by atoms with Gasteiger partial charge in [-0.25, -0.2) is 0 Å². The molecule has 0 saturated carbocycles. The van der Waals surface area contributed by atoms with Crippen molar-refractivity contribution in [2.24, 2.45) is 11.1 Å². The minimum absolute atomic E-state index is 0. The predicted octanol–water partition coefficient (Wildman–Crippen LogP) is 2.72. The third kappa shape index (κ3) is 3.53. The van der Waals surface area contributed by atoms with Crippen molar-refractivity contribution in [1.29, 1.82) is 0 Å². The van der Waals surface area contributed by atoms with Crippen LogP contribution in [-0.4, -0.2) is 30.4 Å². The lowest BCUT2D eigenvalue weighted by atomic mass is 9.90. The van der Waals surface area contributed by atoms with Crippen LogP contribution in [0.4, 0.5) is 0 Å². The number of likely N-dealkylation sites (tertiary alicyclic amines) is 1. The van der Waals surface area contributed by atoms with E-state index >= 15 is 0 Å². The molecular formula is C16H25ClN2O. The maximum atomic E-state index is 12.5. The Morgan fingerprint density at radius 2 is 2.20 bits per heavy atom. The van der Waals surface area contributed by atoms with Crippen LogP contribution in [0.3, 0.4) is 0 Å². The summed E-state index contributed by atoms with van der Waals surface area (Å²) in [7, 11) is 0. The number of carbonyl (C=O) groups excluding carboxylic acids is 1. The van der Waals surface area contributed by atoms with E-state index < -0.39 is 0 Å². The van der Waals surface area contributed by atoms with E-state index in [9.17, 15) is 4.79 Å². The number of aryl methyl sites for hydroxylation is 1. The summed E-state index contributed by atoms with van der Waals surface area (Å²) < 4.78 is 0. The first kappa shape index (κ1) is 17.0. The van der Waals surface area contributed by atoms with Gasteiger partial charge in [0.05, 0.1) is 5.92 Å². The molecule has 2 N–H and O–H groups in total. The molecule has 4 heteroatoms. The monoisotopic (exact) mass is 296 g/mol. The van der Waals surface area contributed by atoms with Gasteiger partial charge < -0.3 is 10.6 Å². The third-order valence-corrected chi connectivity index (χ3v) is 4.27. The van der Waals surface area contributed by atoms with Gasteiger partial charge >= 0.3 is 0 Å². The number of amides is 1. The Balaban J connectivity index is 0.00000200. The van der Waals surface area contributed by atoms with Crippen LogP contribution in [0.1, 0.15) is 37.3 Å². The average molecular weight is 297 g/mol. The Bertz CT molecular complexity index is 477. The zero-order valence-corrected chi connectivity index (χ0v) is 13.4. The molecule has 1 amide bonds. The van der Waals surface area contributed by atoms with Gasteiger partial charge in [0.1, 0.15) is 0 Å². The van der Waals surface area contributed by atoms with Gasteiger partial charge in [0.15, 0.2) is 0 Å². The van der Waals surface area contributed by atoms with Crippen LogP contribution in [0.5, 0.6) is 0 Å². The molecule has 2 rings (SSSR count). The number of hydrogen-bond donors (Lipinski definition) is 1. The first-order chi connectivity index (χ1) is 8.95. The van der Waals surface area contributed by atoms with Crippen molar-refractivity contribution < 1.29 is 4.79 Å². The van der Waals surface area contributed by atoms with E-state index in [2.05, 4.69) is 26.0 Å². The van der Waals surface area contributed by atoms with Gasteiger partial charge in [-0.1, -0.05) is 36.8 Å². The Labute approximate surface area is 127 Å². The molecule has 1 fully saturated rings. The first-order valence-corrected chi connectivity index (χ1v) is 7.01. The van der Waals surface area contributed by atoms with Crippen molar-refractivity contribution in [3.63, 3.8) is 0 Å². The lowest BCUT2D eigenvalue weighted by Gasteiger charge is -2.25. The van der Waals surface area contributed by atoms with Crippen molar-refractivity contribution in [3.05, 3.63) is 35.4 Å². The summed E-state index contributed by atoms with van der Waals surface area (Å²) in [6, 6.07) is 8.21. The Kier molecular flexibility index (Phi) is 5.60. The summed E-state index contributed by atoms with van der Waals surface area (Å²) in [5.41, 5.74) is 8.20. The summed E-state index contributed by atoms with van der Waals surface area (Å²) in [6.45, 7) is 8.49. The van der Waals surface area contributed by atoms with Crippen molar-refractivity contribution in [1.82, 2.24) is 4.90 Å². The van der Waals surface area contributed by atoms with E-state index in [4.69, 9.17) is 5.73 Å². The molecule has 1 saturated heterocycles. The number of halogens is 1. The van der Waals surface area contributed by atoms with E-state index in [-0.39, 0.29) is 29.6 Å². The van der Waals surface area contributed by atoms with E-state index in [0.29, 0.717) is 6.54 Å². The molecule has 0 aliphatic carbocycles. The van der Waals surface area contributed by atoms with Crippen molar-refractivity contribution in [3.8, 4) is 0 Å². The molecule has 3 nitrogen and oxygen atoms in total. The highest BCUT2D eigenvalue weighted by atomic mass is 35.5. The number of nitrogens with two attached hydrogens (primary N) is 1. The molecule has 1 aromatic rings.